The Morgan fingerprint density at radius 1 is 1.38 bits per heavy atom. The van der Waals surface area contributed by atoms with Gasteiger partial charge in [0.15, 0.2) is 9.84 Å². The zero-order chi connectivity index (χ0) is 10.7. The van der Waals surface area contributed by atoms with Gasteiger partial charge in [-0.05, 0) is 13.8 Å². The molecule has 0 aromatic rings. The van der Waals surface area contributed by atoms with E-state index in [2.05, 4.69) is 5.32 Å². The zero-order valence-corrected chi connectivity index (χ0v) is 8.79. The molecule has 0 saturated heterocycles. The van der Waals surface area contributed by atoms with Gasteiger partial charge in [0, 0.05) is 12.8 Å². The lowest BCUT2D eigenvalue weighted by atomic mass is 10.2. The van der Waals surface area contributed by atoms with Gasteiger partial charge in [-0.1, -0.05) is 0 Å². The highest BCUT2D eigenvalue weighted by molar-refractivity contribution is 7.92. The monoisotopic (exact) mass is 215 g/mol. The van der Waals surface area contributed by atoms with Crippen molar-refractivity contribution in [3.63, 3.8) is 0 Å². The Kier molecular flexibility index (Phi) is 4.25. The molecule has 0 aromatic heterocycles. The maximum Gasteiger partial charge on any atom is 0.250 e. The number of sulfone groups is 1. The first-order valence-corrected chi connectivity index (χ1v) is 5.74. The molecule has 0 aromatic carbocycles. The average molecular weight is 215 g/mol. The molecule has 13 heavy (non-hydrogen) atoms. The van der Waals surface area contributed by atoms with Crippen molar-refractivity contribution < 1.29 is 17.2 Å². The van der Waals surface area contributed by atoms with Gasteiger partial charge in [-0.3, -0.25) is 0 Å². The molecule has 0 bridgehead atoms. The Hall–Kier alpha value is -0.230. The molecule has 0 rings (SSSR count). The van der Waals surface area contributed by atoms with Crippen LogP contribution < -0.4 is 5.32 Å². The second-order valence-corrected chi connectivity index (χ2v) is 6.20. The van der Waals surface area contributed by atoms with Crippen LogP contribution in [0.3, 0.4) is 0 Å². The Balaban J connectivity index is 4.06. The van der Waals surface area contributed by atoms with E-state index in [0.29, 0.717) is 0 Å². The maximum absolute atomic E-state index is 11.7. The highest BCUT2D eigenvalue weighted by Gasteiger charge is 2.29. The van der Waals surface area contributed by atoms with Crippen molar-refractivity contribution in [3.8, 4) is 0 Å². The van der Waals surface area contributed by atoms with Crippen molar-refractivity contribution in [3.05, 3.63) is 0 Å². The van der Waals surface area contributed by atoms with Gasteiger partial charge < -0.3 is 5.32 Å². The third kappa shape index (κ3) is 4.52. The van der Waals surface area contributed by atoms with Crippen LogP contribution in [0.5, 0.6) is 0 Å². The number of hydrogen-bond acceptors (Lipinski definition) is 3. The van der Waals surface area contributed by atoms with Gasteiger partial charge in [-0.2, -0.15) is 0 Å². The fourth-order valence-electron chi connectivity index (χ4n) is 0.613. The summed E-state index contributed by atoms with van der Waals surface area (Å²) >= 11 is 0. The summed E-state index contributed by atoms with van der Waals surface area (Å²) in [7, 11) is -3.21. The summed E-state index contributed by atoms with van der Waals surface area (Å²) in [4.78, 5) is 0. The van der Waals surface area contributed by atoms with E-state index in [4.69, 9.17) is 0 Å². The lowest BCUT2D eigenvalue weighted by molar-refractivity contribution is 0.145. The fraction of sp³-hybridized carbons (Fsp3) is 1.00. The lowest BCUT2D eigenvalue weighted by Gasteiger charge is -2.22. The lowest BCUT2D eigenvalue weighted by Crippen LogP contribution is -2.42. The summed E-state index contributed by atoms with van der Waals surface area (Å²) in [6, 6.07) is 0. The van der Waals surface area contributed by atoms with Crippen LogP contribution in [-0.4, -0.2) is 38.9 Å². The normalized spacial score (nSPS) is 13.7. The number of alkyl halides is 2. The first kappa shape index (κ1) is 12.8. The molecule has 0 fully saturated rings. The molecular weight excluding hydrogens is 200 g/mol. The van der Waals surface area contributed by atoms with Gasteiger partial charge in [-0.15, -0.1) is 0 Å². The fourth-order valence-corrected chi connectivity index (χ4v) is 0.978. The number of hydrogen-bond donors (Lipinski definition) is 1. The SMILES string of the molecule is CC(C)(CNCC(F)F)S(C)(=O)=O. The van der Waals surface area contributed by atoms with Crippen LogP contribution in [0.15, 0.2) is 0 Å². The van der Waals surface area contributed by atoms with Crippen LogP contribution in [0.1, 0.15) is 13.8 Å². The quantitative estimate of drug-likeness (QED) is 0.733. The van der Waals surface area contributed by atoms with Crippen molar-refractivity contribution in [2.75, 3.05) is 19.3 Å². The minimum Gasteiger partial charge on any atom is -0.310 e. The van der Waals surface area contributed by atoms with Gasteiger partial charge in [0.05, 0.1) is 11.3 Å². The Labute approximate surface area is 77.4 Å². The minimum absolute atomic E-state index is 0.0379. The number of nitrogens with one attached hydrogen (secondary N) is 1. The largest absolute Gasteiger partial charge is 0.310 e. The predicted molar refractivity (Wildman–Crippen MR) is 47.8 cm³/mol. The summed E-state index contributed by atoms with van der Waals surface area (Å²) in [6.07, 6.45) is -1.35. The summed E-state index contributed by atoms with van der Waals surface area (Å²) < 4.78 is 44.6. The van der Waals surface area contributed by atoms with Crippen molar-refractivity contribution in [1.29, 1.82) is 0 Å². The Morgan fingerprint density at radius 2 is 1.85 bits per heavy atom. The molecule has 0 atom stereocenters. The first-order chi connectivity index (χ1) is 5.67. The van der Waals surface area contributed by atoms with Crippen molar-refractivity contribution in [1.82, 2.24) is 5.32 Å². The first-order valence-electron chi connectivity index (χ1n) is 3.85. The minimum atomic E-state index is -3.21. The van der Waals surface area contributed by atoms with Crippen LogP contribution in [0.25, 0.3) is 0 Å². The molecule has 0 unspecified atom stereocenters. The molecule has 0 heterocycles. The molecule has 0 radical (unpaired) electrons. The highest BCUT2D eigenvalue weighted by Crippen LogP contribution is 2.13. The van der Waals surface area contributed by atoms with Gasteiger partial charge in [0.2, 0.25) is 0 Å². The molecule has 0 spiro atoms. The number of rotatable bonds is 5. The maximum atomic E-state index is 11.7. The van der Waals surface area contributed by atoms with Crippen molar-refractivity contribution >= 4 is 9.84 Å². The molecule has 0 aliphatic carbocycles. The van der Waals surface area contributed by atoms with Crippen molar-refractivity contribution in [2.45, 2.75) is 25.0 Å². The summed E-state index contributed by atoms with van der Waals surface area (Å²) in [6.45, 7) is 2.57. The van der Waals surface area contributed by atoms with Crippen LogP contribution in [0, 0.1) is 0 Å². The van der Waals surface area contributed by atoms with Gasteiger partial charge >= 0.3 is 0 Å². The van der Waals surface area contributed by atoms with E-state index in [9.17, 15) is 17.2 Å². The Morgan fingerprint density at radius 3 is 2.15 bits per heavy atom. The van der Waals surface area contributed by atoms with Gasteiger partial charge in [0.1, 0.15) is 0 Å². The third-order valence-electron chi connectivity index (χ3n) is 1.85. The summed E-state index contributed by atoms with van der Waals surface area (Å²) in [5.74, 6) is 0. The van der Waals surface area contributed by atoms with Crippen LogP contribution in [0.2, 0.25) is 0 Å². The smallest absolute Gasteiger partial charge is 0.250 e. The van der Waals surface area contributed by atoms with Gasteiger partial charge in [-0.25, -0.2) is 17.2 Å². The van der Waals surface area contributed by atoms with E-state index < -0.39 is 27.6 Å². The molecule has 6 heteroatoms. The second-order valence-electron chi connectivity index (χ2n) is 3.55. The van der Waals surface area contributed by atoms with E-state index in [1.807, 2.05) is 0 Å². The molecular formula is C7H15F2NO2S. The third-order valence-corrected chi connectivity index (χ3v) is 4.01. The average Bonchev–Trinajstić information content (AvgIpc) is 1.82. The predicted octanol–water partition coefficient (Wildman–Crippen LogP) is 0.664. The molecule has 0 aliphatic rings. The summed E-state index contributed by atoms with van der Waals surface area (Å²) in [5, 5.41) is 2.40. The van der Waals surface area contributed by atoms with Crippen molar-refractivity contribution in [2.24, 2.45) is 0 Å². The van der Waals surface area contributed by atoms with E-state index in [1.54, 1.807) is 0 Å². The molecule has 1 N–H and O–H groups in total. The van der Waals surface area contributed by atoms with Gasteiger partial charge in [0.25, 0.3) is 6.43 Å². The van der Waals surface area contributed by atoms with E-state index >= 15 is 0 Å². The van der Waals surface area contributed by atoms with E-state index in [1.165, 1.54) is 13.8 Å². The van der Waals surface area contributed by atoms with Crippen LogP contribution >= 0.6 is 0 Å². The second kappa shape index (κ2) is 4.32. The molecule has 0 amide bonds. The Bertz CT molecular complexity index is 249. The van der Waals surface area contributed by atoms with E-state index in [0.717, 1.165) is 6.26 Å². The molecule has 80 valence electrons. The summed E-state index contributed by atoms with van der Waals surface area (Å²) in [5.41, 5.74) is 0. The topological polar surface area (TPSA) is 46.2 Å². The highest BCUT2D eigenvalue weighted by atomic mass is 32.2. The molecule has 0 aliphatic heterocycles. The van der Waals surface area contributed by atoms with Crippen LogP contribution in [-0.2, 0) is 9.84 Å². The zero-order valence-electron chi connectivity index (χ0n) is 7.97. The molecule has 0 saturated carbocycles. The van der Waals surface area contributed by atoms with Crippen LogP contribution in [0.4, 0.5) is 8.78 Å². The number of halogens is 2. The van der Waals surface area contributed by atoms with E-state index in [-0.39, 0.29) is 6.54 Å². The molecule has 3 nitrogen and oxygen atoms in total. The standard InChI is InChI=1S/C7H15F2NO2S/c1-7(2,13(3,11)12)5-10-4-6(8)9/h6,10H,4-5H2,1-3H3.